The van der Waals surface area contributed by atoms with Crippen LogP contribution in [-0.4, -0.2) is 23.0 Å². The van der Waals surface area contributed by atoms with Crippen molar-refractivity contribution >= 4 is 11.9 Å². The molecule has 0 aliphatic rings. The molecule has 0 fully saturated rings. The summed E-state index contributed by atoms with van der Waals surface area (Å²) < 4.78 is 0. The quantitative estimate of drug-likeness (QED) is 0.321. The first-order valence-corrected chi connectivity index (χ1v) is 11.7. The van der Waals surface area contributed by atoms with Gasteiger partial charge in [0.2, 0.25) is 5.91 Å². The van der Waals surface area contributed by atoms with Crippen molar-refractivity contribution in [1.29, 1.82) is 0 Å². The van der Waals surface area contributed by atoms with Crippen LogP contribution in [0.1, 0.15) is 34.2 Å². The van der Waals surface area contributed by atoms with Crippen molar-refractivity contribution in [3.63, 3.8) is 0 Å². The highest BCUT2D eigenvalue weighted by Crippen LogP contribution is 2.42. The Hall–Kier alpha value is -4.18. The number of aryl methyl sites for hydroxylation is 1. The number of carbonyl (C=O) groups is 2. The highest BCUT2D eigenvalue weighted by Gasteiger charge is 2.39. The van der Waals surface area contributed by atoms with Gasteiger partial charge in [-0.3, -0.25) is 4.79 Å². The summed E-state index contributed by atoms with van der Waals surface area (Å²) in [6, 6.07) is 36.4. The first kappa shape index (κ1) is 24.0. The summed E-state index contributed by atoms with van der Waals surface area (Å²) in [5.41, 5.74) is 4.06. The number of carbonyl (C=O) groups excluding carboxylic acids is 1. The minimum absolute atomic E-state index is 0.0721. The van der Waals surface area contributed by atoms with E-state index in [1.807, 2.05) is 122 Å². The van der Waals surface area contributed by atoms with E-state index >= 15 is 0 Å². The van der Waals surface area contributed by atoms with Crippen LogP contribution in [0, 0.1) is 6.92 Å². The second-order valence-electron chi connectivity index (χ2n) is 8.83. The highest BCUT2D eigenvalue weighted by molar-refractivity contribution is 5.85. The third-order valence-electron chi connectivity index (χ3n) is 6.38. The number of hydrogen-bond acceptors (Lipinski definition) is 2. The molecule has 0 radical (unpaired) electrons. The monoisotopic (exact) mass is 463 g/mol. The van der Waals surface area contributed by atoms with Crippen molar-refractivity contribution in [1.82, 2.24) is 5.32 Å². The van der Waals surface area contributed by atoms with E-state index in [4.69, 9.17) is 0 Å². The fourth-order valence-electron chi connectivity index (χ4n) is 4.74. The molecule has 1 atom stereocenters. The SMILES string of the molecule is Cc1cccc(C[C@H](NC(=O)CC(c2ccccc2)(c2ccccc2)c2ccccc2)C(=O)O)c1. The number of rotatable bonds is 9. The molecule has 4 rings (SSSR count). The van der Waals surface area contributed by atoms with E-state index in [1.54, 1.807) is 0 Å². The van der Waals surface area contributed by atoms with E-state index in [1.165, 1.54) is 0 Å². The van der Waals surface area contributed by atoms with Gasteiger partial charge in [0.1, 0.15) is 6.04 Å². The van der Waals surface area contributed by atoms with Gasteiger partial charge in [-0.25, -0.2) is 4.79 Å². The molecule has 0 saturated carbocycles. The molecule has 2 N–H and O–H groups in total. The smallest absolute Gasteiger partial charge is 0.326 e. The molecular weight excluding hydrogens is 434 g/mol. The van der Waals surface area contributed by atoms with Crippen LogP contribution in [0.25, 0.3) is 0 Å². The molecular formula is C31H29NO3. The largest absolute Gasteiger partial charge is 0.480 e. The van der Waals surface area contributed by atoms with E-state index in [9.17, 15) is 14.7 Å². The molecule has 0 heterocycles. The van der Waals surface area contributed by atoms with E-state index < -0.39 is 17.4 Å². The van der Waals surface area contributed by atoms with E-state index in [0.717, 1.165) is 27.8 Å². The van der Waals surface area contributed by atoms with Gasteiger partial charge >= 0.3 is 5.97 Å². The van der Waals surface area contributed by atoms with Crippen molar-refractivity contribution in [2.24, 2.45) is 0 Å². The second-order valence-corrected chi connectivity index (χ2v) is 8.83. The number of hydrogen-bond donors (Lipinski definition) is 2. The lowest BCUT2D eigenvalue weighted by molar-refractivity contribution is -0.141. The van der Waals surface area contributed by atoms with Gasteiger partial charge < -0.3 is 10.4 Å². The second kappa shape index (κ2) is 10.8. The minimum Gasteiger partial charge on any atom is -0.480 e. The third kappa shape index (κ3) is 5.49. The highest BCUT2D eigenvalue weighted by atomic mass is 16.4. The number of nitrogens with one attached hydrogen (secondary N) is 1. The molecule has 1 amide bonds. The number of benzene rings is 4. The predicted octanol–water partition coefficient (Wildman–Crippen LogP) is 5.53. The Balaban J connectivity index is 1.73. The zero-order valence-corrected chi connectivity index (χ0v) is 19.7. The molecule has 0 aromatic heterocycles. The zero-order chi connectivity index (χ0) is 24.7. The van der Waals surface area contributed by atoms with Crippen LogP contribution >= 0.6 is 0 Å². The number of carboxylic acids is 1. The van der Waals surface area contributed by atoms with Gasteiger partial charge in [-0.1, -0.05) is 121 Å². The van der Waals surface area contributed by atoms with Crippen molar-refractivity contribution in [2.75, 3.05) is 0 Å². The van der Waals surface area contributed by atoms with Crippen LogP contribution in [0.5, 0.6) is 0 Å². The Bertz CT molecular complexity index is 1170. The maximum atomic E-state index is 13.6. The number of carboxylic acid groups (broad SMARTS) is 1. The fraction of sp³-hybridized carbons (Fsp3) is 0.161. The van der Waals surface area contributed by atoms with Crippen molar-refractivity contribution in [3.8, 4) is 0 Å². The van der Waals surface area contributed by atoms with Gasteiger partial charge in [-0.05, 0) is 29.2 Å². The Morgan fingerprint density at radius 1 is 0.743 bits per heavy atom. The lowest BCUT2D eigenvalue weighted by Gasteiger charge is -2.36. The van der Waals surface area contributed by atoms with Crippen LogP contribution in [0.15, 0.2) is 115 Å². The van der Waals surface area contributed by atoms with Crippen molar-refractivity contribution in [3.05, 3.63) is 143 Å². The topological polar surface area (TPSA) is 66.4 Å². The molecule has 0 aliphatic heterocycles. The maximum Gasteiger partial charge on any atom is 0.326 e. The van der Waals surface area contributed by atoms with Gasteiger partial charge in [0.15, 0.2) is 0 Å². The standard InChI is InChI=1S/C31H29NO3/c1-23-12-11-13-24(20-23)21-28(30(34)35)32-29(33)22-31(25-14-5-2-6-15-25,26-16-7-3-8-17-26)27-18-9-4-10-19-27/h2-20,28H,21-22H2,1H3,(H,32,33)(H,34,35)/t28-/m0/s1. The normalized spacial score (nSPS) is 12.0. The zero-order valence-electron chi connectivity index (χ0n) is 19.7. The summed E-state index contributed by atoms with van der Waals surface area (Å²) in [5, 5.41) is 12.7. The van der Waals surface area contributed by atoms with Crippen LogP contribution in [0.4, 0.5) is 0 Å². The Labute approximate surface area is 206 Å². The average molecular weight is 464 g/mol. The molecule has 4 aromatic carbocycles. The molecule has 0 unspecified atom stereocenters. The van der Waals surface area contributed by atoms with Gasteiger partial charge in [0.25, 0.3) is 0 Å². The summed E-state index contributed by atoms with van der Waals surface area (Å²) >= 11 is 0. The molecule has 0 saturated heterocycles. The Kier molecular flexibility index (Phi) is 7.41. The molecule has 4 heteroatoms. The lowest BCUT2D eigenvalue weighted by Crippen LogP contribution is -2.45. The summed E-state index contributed by atoms with van der Waals surface area (Å²) in [4.78, 5) is 25.7. The van der Waals surface area contributed by atoms with E-state index in [2.05, 4.69) is 5.32 Å². The average Bonchev–Trinajstić information content (AvgIpc) is 2.88. The van der Waals surface area contributed by atoms with E-state index in [-0.39, 0.29) is 18.7 Å². The van der Waals surface area contributed by atoms with Gasteiger partial charge in [-0.15, -0.1) is 0 Å². The molecule has 176 valence electrons. The molecule has 35 heavy (non-hydrogen) atoms. The molecule has 0 aliphatic carbocycles. The molecule has 4 nitrogen and oxygen atoms in total. The number of amides is 1. The number of aliphatic carboxylic acids is 1. The van der Waals surface area contributed by atoms with Crippen LogP contribution < -0.4 is 5.32 Å². The summed E-state index contributed by atoms with van der Waals surface area (Å²) in [6.45, 7) is 1.96. The lowest BCUT2D eigenvalue weighted by atomic mass is 9.67. The Morgan fingerprint density at radius 2 is 1.23 bits per heavy atom. The maximum absolute atomic E-state index is 13.6. The Morgan fingerprint density at radius 3 is 1.66 bits per heavy atom. The van der Waals surface area contributed by atoms with E-state index in [0.29, 0.717) is 0 Å². The molecule has 0 spiro atoms. The minimum atomic E-state index is -1.05. The summed E-state index contributed by atoms with van der Waals surface area (Å²) in [5.74, 6) is -1.37. The first-order chi connectivity index (χ1) is 17.0. The van der Waals surface area contributed by atoms with Crippen LogP contribution in [0.2, 0.25) is 0 Å². The summed E-state index contributed by atoms with van der Waals surface area (Å²) in [7, 11) is 0. The van der Waals surface area contributed by atoms with Crippen molar-refractivity contribution in [2.45, 2.75) is 31.2 Å². The third-order valence-corrected chi connectivity index (χ3v) is 6.38. The van der Waals surface area contributed by atoms with Crippen LogP contribution in [0.3, 0.4) is 0 Å². The molecule has 4 aromatic rings. The van der Waals surface area contributed by atoms with Gasteiger partial charge in [-0.2, -0.15) is 0 Å². The predicted molar refractivity (Wildman–Crippen MR) is 138 cm³/mol. The first-order valence-electron chi connectivity index (χ1n) is 11.7. The van der Waals surface area contributed by atoms with Crippen molar-refractivity contribution < 1.29 is 14.7 Å². The van der Waals surface area contributed by atoms with Gasteiger partial charge in [0, 0.05) is 12.8 Å². The van der Waals surface area contributed by atoms with Gasteiger partial charge in [0.05, 0.1) is 5.41 Å². The summed E-state index contributed by atoms with van der Waals surface area (Å²) in [6.07, 6.45) is 0.292. The molecule has 0 bridgehead atoms. The fourth-order valence-corrected chi connectivity index (χ4v) is 4.74. The van der Waals surface area contributed by atoms with Crippen LogP contribution in [-0.2, 0) is 21.4 Å².